The minimum atomic E-state index is -0.653. The van der Waals surface area contributed by atoms with Crippen LogP contribution in [0, 0.1) is 46.3 Å². The molecule has 6 rings (SSSR count). The van der Waals surface area contributed by atoms with Crippen molar-refractivity contribution in [3.63, 3.8) is 0 Å². The van der Waals surface area contributed by atoms with E-state index in [4.69, 9.17) is 10.2 Å². The lowest BCUT2D eigenvalue weighted by Crippen LogP contribution is -2.59. The van der Waals surface area contributed by atoms with E-state index in [1.807, 2.05) is 0 Å². The van der Waals surface area contributed by atoms with E-state index in [2.05, 4.69) is 0 Å². The molecular weight excluding hydrogens is 184 g/mol. The standard InChI is InChI=1S/C10H8O4/c11-7(12)9-1-2-4-6(9)5(3(1)9)10(2,4)8(13)14/h1-6H,(H,11,12)(H,13,14). The first-order chi connectivity index (χ1) is 6.62. The van der Waals surface area contributed by atoms with E-state index in [0.717, 1.165) is 0 Å². The van der Waals surface area contributed by atoms with E-state index in [-0.39, 0.29) is 35.5 Å². The second kappa shape index (κ2) is 1.17. The van der Waals surface area contributed by atoms with Crippen LogP contribution in [-0.2, 0) is 9.59 Å². The summed E-state index contributed by atoms with van der Waals surface area (Å²) in [7, 11) is 0. The highest BCUT2D eigenvalue weighted by molar-refractivity contribution is 5.95. The van der Waals surface area contributed by atoms with Crippen LogP contribution in [0.4, 0.5) is 0 Å². The van der Waals surface area contributed by atoms with Gasteiger partial charge in [-0.25, -0.2) is 0 Å². The summed E-state index contributed by atoms with van der Waals surface area (Å²) in [5.74, 6) is 0.173. The molecule has 0 heterocycles. The van der Waals surface area contributed by atoms with Gasteiger partial charge in [-0.05, 0) is 35.5 Å². The number of carboxylic acid groups (broad SMARTS) is 2. The van der Waals surface area contributed by atoms with E-state index in [1.54, 1.807) is 0 Å². The first kappa shape index (κ1) is 6.43. The average Bonchev–Trinajstić information content (AvgIpc) is 2.82. The molecule has 0 saturated heterocycles. The second-order valence-corrected chi connectivity index (χ2v) is 5.63. The van der Waals surface area contributed by atoms with E-state index in [0.29, 0.717) is 0 Å². The highest BCUT2D eigenvalue weighted by atomic mass is 16.4. The quantitative estimate of drug-likeness (QED) is 0.640. The average molecular weight is 192 g/mol. The van der Waals surface area contributed by atoms with Crippen molar-refractivity contribution in [3.05, 3.63) is 0 Å². The monoisotopic (exact) mass is 192 g/mol. The zero-order chi connectivity index (χ0) is 9.62. The van der Waals surface area contributed by atoms with Crippen molar-refractivity contribution in [3.8, 4) is 0 Å². The first-order valence-electron chi connectivity index (χ1n) is 5.09. The minimum absolute atomic E-state index is 0.246. The van der Waals surface area contributed by atoms with Gasteiger partial charge in [0.05, 0.1) is 10.8 Å². The molecule has 0 atom stereocenters. The number of hydrogen-bond donors (Lipinski definition) is 2. The molecular formula is C10H8O4. The largest absolute Gasteiger partial charge is 0.481 e. The second-order valence-electron chi connectivity index (χ2n) is 5.63. The molecule has 6 aliphatic carbocycles. The maximum atomic E-state index is 11.1. The third kappa shape index (κ3) is 0.241. The zero-order valence-corrected chi connectivity index (χ0v) is 7.18. The van der Waals surface area contributed by atoms with Crippen molar-refractivity contribution >= 4 is 11.9 Å². The van der Waals surface area contributed by atoms with Crippen LogP contribution in [0.5, 0.6) is 0 Å². The van der Waals surface area contributed by atoms with Gasteiger partial charge in [0.1, 0.15) is 0 Å². The normalized spacial score (nSPS) is 76.9. The van der Waals surface area contributed by atoms with Gasteiger partial charge in [-0.3, -0.25) is 9.59 Å². The Morgan fingerprint density at radius 1 is 0.714 bits per heavy atom. The molecule has 0 radical (unpaired) electrons. The van der Waals surface area contributed by atoms with Crippen molar-refractivity contribution in [1.82, 2.24) is 0 Å². The van der Waals surface area contributed by atoms with Gasteiger partial charge in [-0.1, -0.05) is 0 Å². The van der Waals surface area contributed by atoms with Crippen molar-refractivity contribution in [2.24, 2.45) is 46.3 Å². The lowest BCUT2D eigenvalue weighted by molar-refractivity contribution is -0.186. The summed E-state index contributed by atoms with van der Waals surface area (Å²) in [6, 6.07) is 0. The molecule has 72 valence electrons. The van der Waals surface area contributed by atoms with Crippen LogP contribution in [0.1, 0.15) is 0 Å². The van der Waals surface area contributed by atoms with Gasteiger partial charge in [0.15, 0.2) is 0 Å². The number of carbonyl (C=O) groups is 2. The third-order valence-corrected chi connectivity index (χ3v) is 6.15. The minimum Gasteiger partial charge on any atom is -0.481 e. The Labute approximate surface area is 78.9 Å². The maximum Gasteiger partial charge on any atom is 0.310 e. The molecule has 0 aliphatic heterocycles. The smallest absolute Gasteiger partial charge is 0.310 e. The van der Waals surface area contributed by atoms with E-state index in [1.165, 1.54) is 0 Å². The van der Waals surface area contributed by atoms with Crippen LogP contribution < -0.4 is 0 Å². The lowest BCUT2D eigenvalue weighted by Gasteiger charge is -2.53. The molecule has 6 fully saturated rings. The summed E-state index contributed by atoms with van der Waals surface area (Å²) in [4.78, 5) is 22.2. The molecule has 2 N–H and O–H groups in total. The molecule has 0 bridgehead atoms. The Hall–Kier alpha value is -1.06. The molecule has 6 saturated carbocycles. The number of aliphatic carboxylic acids is 2. The summed E-state index contributed by atoms with van der Waals surface area (Å²) in [5, 5.41) is 18.3. The van der Waals surface area contributed by atoms with Gasteiger partial charge in [-0.15, -0.1) is 0 Å². The molecule has 0 amide bonds. The third-order valence-electron chi connectivity index (χ3n) is 6.15. The summed E-state index contributed by atoms with van der Waals surface area (Å²) >= 11 is 0. The number of rotatable bonds is 2. The molecule has 4 heteroatoms. The summed E-state index contributed by atoms with van der Waals surface area (Å²) in [6.07, 6.45) is 0. The van der Waals surface area contributed by atoms with Crippen molar-refractivity contribution in [2.45, 2.75) is 0 Å². The highest BCUT2D eigenvalue weighted by Gasteiger charge is 3.13. The lowest BCUT2D eigenvalue weighted by atomic mass is 9.47. The zero-order valence-electron chi connectivity index (χ0n) is 7.18. The van der Waals surface area contributed by atoms with Crippen LogP contribution in [-0.4, -0.2) is 22.2 Å². The van der Waals surface area contributed by atoms with Crippen LogP contribution >= 0.6 is 0 Å². The van der Waals surface area contributed by atoms with Gasteiger partial charge in [0.2, 0.25) is 0 Å². The molecule has 0 spiro atoms. The van der Waals surface area contributed by atoms with Crippen LogP contribution in [0.2, 0.25) is 0 Å². The van der Waals surface area contributed by atoms with E-state index < -0.39 is 22.8 Å². The van der Waals surface area contributed by atoms with E-state index >= 15 is 0 Å². The maximum absolute atomic E-state index is 11.1. The number of carboxylic acids is 2. The summed E-state index contributed by atoms with van der Waals surface area (Å²) < 4.78 is 0. The van der Waals surface area contributed by atoms with Gasteiger partial charge in [0.25, 0.3) is 0 Å². The van der Waals surface area contributed by atoms with Crippen molar-refractivity contribution in [1.29, 1.82) is 0 Å². The fourth-order valence-corrected chi connectivity index (χ4v) is 6.15. The Morgan fingerprint density at radius 2 is 0.929 bits per heavy atom. The molecule has 14 heavy (non-hydrogen) atoms. The van der Waals surface area contributed by atoms with Gasteiger partial charge in [-0.2, -0.15) is 0 Å². The Morgan fingerprint density at radius 3 is 1.07 bits per heavy atom. The SMILES string of the molecule is O=C(O)C12C3C1C1C4C2C3C41C(=O)O. The van der Waals surface area contributed by atoms with Crippen molar-refractivity contribution in [2.75, 3.05) is 0 Å². The molecule has 4 nitrogen and oxygen atoms in total. The van der Waals surface area contributed by atoms with Crippen LogP contribution in [0.3, 0.4) is 0 Å². The molecule has 6 aliphatic rings. The molecule has 0 aromatic heterocycles. The van der Waals surface area contributed by atoms with E-state index in [9.17, 15) is 9.59 Å². The Balaban J connectivity index is 1.68. The molecule has 0 aromatic rings. The highest BCUT2D eigenvalue weighted by Crippen LogP contribution is 3.10. The fraction of sp³-hybridized carbons (Fsp3) is 0.800. The predicted octanol–water partition coefficient (Wildman–Crippen LogP) is -0.106. The molecule has 0 unspecified atom stereocenters. The van der Waals surface area contributed by atoms with Gasteiger partial charge < -0.3 is 10.2 Å². The topological polar surface area (TPSA) is 74.6 Å². The van der Waals surface area contributed by atoms with Crippen molar-refractivity contribution < 1.29 is 19.8 Å². The molecule has 0 aromatic carbocycles. The Kier molecular flexibility index (Phi) is 0.538. The van der Waals surface area contributed by atoms with Crippen LogP contribution in [0.25, 0.3) is 0 Å². The van der Waals surface area contributed by atoms with Crippen LogP contribution in [0.15, 0.2) is 0 Å². The van der Waals surface area contributed by atoms with Gasteiger partial charge in [0, 0.05) is 0 Å². The number of hydrogen-bond acceptors (Lipinski definition) is 2. The summed E-state index contributed by atoms with van der Waals surface area (Å²) in [6.45, 7) is 0. The Bertz CT molecular complexity index is 391. The fourth-order valence-electron chi connectivity index (χ4n) is 6.15. The summed E-state index contributed by atoms with van der Waals surface area (Å²) in [5.41, 5.74) is -0.839. The first-order valence-corrected chi connectivity index (χ1v) is 5.09. The predicted molar refractivity (Wildman–Crippen MR) is 41.1 cm³/mol. The van der Waals surface area contributed by atoms with Gasteiger partial charge >= 0.3 is 11.9 Å².